The molecule has 1 aromatic rings. The average Bonchev–Trinajstić information content (AvgIpc) is 2.28. The zero-order chi connectivity index (χ0) is 11.4. The van der Waals surface area contributed by atoms with Crippen LogP contribution in [0.1, 0.15) is 45.2 Å². The van der Waals surface area contributed by atoms with E-state index >= 15 is 0 Å². The molecule has 1 atom stereocenters. The number of hydrogen-bond donors (Lipinski definition) is 0. The van der Waals surface area contributed by atoms with Crippen LogP contribution in [0, 0.1) is 5.92 Å². The second-order valence-electron chi connectivity index (χ2n) is 4.97. The maximum absolute atomic E-state index is 10.9. The molecule has 2 rings (SSSR count). The molecule has 1 aromatic carbocycles. The molecule has 3 nitrogen and oxygen atoms in total. The van der Waals surface area contributed by atoms with Crippen LogP contribution in [0.5, 0.6) is 0 Å². The van der Waals surface area contributed by atoms with E-state index in [0.717, 1.165) is 18.8 Å². The maximum Gasteiger partial charge on any atom is 0.129 e. The van der Waals surface area contributed by atoms with E-state index in [0.29, 0.717) is 5.78 Å². The second-order valence-corrected chi connectivity index (χ2v) is 4.97. The quantitative estimate of drug-likeness (QED) is 0.810. The Bertz CT molecular complexity index is 379. The fourth-order valence-corrected chi connectivity index (χ4v) is 2.66. The van der Waals surface area contributed by atoms with Crippen LogP contribution in [0.3, 0.4) is 0 Å². The van der Waals surface area contributed by atoms with Crippen molar-refractivity contribution in [1.29, 1.82) is 0 Å². The number of Topliss-reactive ketones (excluding diaryl/α,β-unsaturated/α-hetero) is 1. The maximum atomic E-state index is 10.9. The lowest BCUT2D eigenvalue weighted by atomic mass is 9.81. The van der Waals surface area contributed by atoms with Crippen LogP contribution >= 0.6 is 0 Å². The Kier molecular flexibility index (Phi) is 7.48. The van der Waals surface area contributed by atoms with Crippen molar-refractivity contribution in [3.05, 3.63) is 35.4 Å². The van der Waals surface area contributed by atoms with Crippen molar-refractivity contribution in [2.45, 2.75) is 45.4 Å². The van der Waals surface area contributed by atoms with E-state index in [1.54, 1.807) is 6.92 Å². The van der Waals surface area contributed by atoms with Crippen molar-refractivity contribution in [1.82, 2.24) is 0 Å². The zero-order valence-corrected chi connectivity index (χ0v) is 11.0. The molecule has 0 saturated carbocycles. The van der Waals surface area contributed by atoms with Gasteiger partial charge in [-0.25, -0.2) is 0 Å². The minimum Gasteiger partial charge on any atom is -0.412 e. The summed E-state index contributed by atoms with van der Waals surface area (Å²) in [6, 6.07) is 8.78. The monoisotopic (exact) mass is 254 g/mol. The summed E-state index contributed by atoms with van der Waals surface area (Å²) in [5.41, 5.74) is 3.06. The summed E-state index contributed by atoms with van der Waals surface area (Å²) in [5, 5.41) is 0. The third-order valence-corrected chi connectivity index (χ3v) is 3.59. The van der Waals surface area contributed by atoms with Crippen LogP contribution in [-0.4, -0.2) is 16.7 Å². The summed E-state index contributed by atoms with van der Waals surface area (Å²) < 4.78 is 0. The highest BCUT2D eigenvalue weighted by Crippen LogP contribution is 2.28. The van der Waals surface area contributed by atoms with Crippen LogP contribution < -0.4 is 0 Å². The number of benzene rings is 1. The fourth-order valence-electron chi connectivity index (χ4n) is 2.66. The standard InChI is InChI=1S/C15H20O.2H2O.H2/c1-12(16)5-4-6-13-9-10-14-7-2-3-8-15(14)11-13;;;/h2-3,7-8,13H,4-6,9-11H2,1H3;2*1H2;1H. The van der Waals surface area contributed by atoms with Gasteiger partial charge in [0.1, 0.15) is 5.78 Å². The highest BCUT2D eigenvalue weighted by Gasteiger charge is 2.17. The number of carbonyl (C=O) groups is 1. The van der Waals surface area contributed by atoms with E-state index in [1.165, 1.54) is 36.8 Å². The zero-order valence-electron chi connectivity index (χ0n) is 11.0. The Morgan fingerprint density at radius 2 is 1.94 bits per heavy atom. The molecular weight excluding hydrogens is 228 g/mol. The van der Waals surface area contributed by atoms with Gasteiger partial charge in [-0.05, 0) is 56.1 Å². The minimum absolute atomic E-state index is 0. The average molecular weight is 254 g/mol. The molecule has 0 bridgehead atoms. The van der Waals surface area contributed by atoms with Gasteiger partial charge < -0.3 is 15.7 Å². The smallest absolute Gasteiger partial charge is 0.129 e. The van der Waals surface area contributed by atoms with Gasteiger partial charge in [0.25, 0.3) is 0 Å². The summed E-state index contributed by atoms with van der Waals surface area (Å²) in [6.07, 6.45) is 6.79. The van der Waals surface area contributed by atoms with Gasteiger partial charge in [-0.3, -0.25) is 0 Å². The number of carbonyl (C=O) groups excluding carboxylic acids is 1. The number of ketones is 1. The van der Waals surface area contributed by atoms with Gasteiger partial charge in [0.15, 0.2) is 0 Å². The Balaban J connectivity index is 0. The van der Waals surface area contributed by atoms with Crippen LogP contribution in [0.4, 0.5) is 0 Å². The summed E-state index contributed by atoms with van der Waals surface area (Å²) in [5.74, 6) is 1.13. The predicted octanol–water partition coefficient (Wildman–Crippen LogP) is 2.15. The van der Waals surface area contributed by atoms with Gasteiger partial charge >= 0.3 is 0 Å². The van der Waals surface area contributed by atoms with E-state index < -0.39 is 0 Å². The highest BCUT2D eigenvalue weighted by atomic mass is 16.1. The second kappa shape index (κ2) is 8.01. The summed E-state index contributed by atoms with van der Waals surface area (Å²) >= 11 is 0. The molecular formula is C15H26O3. The molecule has 0 aliphatic heterocycles. The topological polar surface area (TPSA) is 80.1 Å². The molecule has 1 aliphatic carbocycles. The fraction of sp³-hybridized carbons (Fsp3) is 0.533. The molecule has 4 N–H and O–H groups in total. The van der Waals surface area contributed by atoms with E-state index in [9.17, 15) is 4.79 Å². The van der Waals surface area contributed by atoms with Gasteiger partial charge in [-0.15, -0.1) is 0 Å². The summed E-state index contributed by atoms with van der Waals surface area (Å²) in [7, 11) is 0. The van der Waals surface area contributed by atoms with E-state index in [-0.39, 0.29) is 12.4 Å². The Morgan fingerprint density at radius 3 is 2.61 bits per heavy atom. The van der Waals surface area contributed by atoms with Crippen LogP contribution in [0.15, 0.2) is 24.3 Å². The minimum atomic E-state index is 0. The molecule has 1 unspecified atom stereocenters. The number of fused-ring (bicyclic) bond motifs is 1. The van der Waals surface area contributed by atoms with E-state index in [1.807, 2.05) is 0 Å². The van der Waals surface area contributed by atoms with Gasteiger partial charge in [0, 0.05) is 7.85 Å². The molecule has 0 spiro atoms. The van der Waals surface area contributed by atoms with Crippen molar-refractivity contribution in [3.8, 4) is 0 Å². The molecule has 18 heavy (non-hydrogen) atoms. The first-order chi connectivity index (χ1) is 7.75. The number of rotatable bonds is 4. The van der Waals surface area contributed by atoms with Gasteiger partial charge in [0.2, 0.25) is 0 Å². The van der Waals surface area contributed by atoms with Crippen molar-refractivity contribution >= 4 is 5.78 Å². The van der Waals surface area contributed by atoms with Gasteiger partial charge in [-0.1, -0.05) is 24.3 Å². The normalized spacial score (nSPS) is 17.1. The first-order valence-electron chi connectivity index (χ1n) is 6.32. The summed E-state index contributed by atoms with van der Waals surface area (Å²) in [4.78, 5) is 10.9. The Morgan fingerprint density at radius 1 is 1.28 bits per heavy atom. The van der Waals surface area contributed by atoms with Crippen LogP contribution in [-0.2, 0) is 17.6 Å². The van der Waals surface area contributed by atoms with Crippen molar-refractivity contribution in [3.63, 3.8) is 0 Å². The third kappa shape index (κ3) is 4.59. The largest absolute Gasteiger partial charge is 0.412 e. The molecule has 1 aliphatic rings. The van der Waals surface area contributed by atoms with E-state index in [2.05, 4.69) is 24.3 Å². The van der Waals surface area contributed by atoms with Crippen LogP contribution in [0.25, 0.3) is 0 Å². The van der Waals surface area contributed by atoms with Crippen molar-refractivity contribution < 1.29 is 17.2 Å². The molecule has 0 amide bonds. The molecule has 0 fully saturated rings. The molecule has 3 heteroatoms. The van der Waals surface area contributed by atoms with E-state index in [4.69, 9.17) is 0 Å². The molecule has 0 radical (unpaired) electrons. The lowest BCUT2D eigenvalue weighted by Crippen LogP contribution is -2.14. The Labute approximate surface area is 110 Å². The van der Waals surface area contributed by atoms with Crippen molar-refractivity contribution in [2.75, 3.05) is 0 Å². The Hall–Kier alpha value is -1.19. The van der Waals surface area contributed by atoms with Gasteiger partial charge in [-0.2, -0.15) is 0 Å². The lowest BCUT2D eigenvalue weighted by molar-refractivity contribution is -0.117. The predicted molar refractivity (Wildman–Crippen MR) is 75.8 cm³/mol. The molecule has 0 heterocycles. The lowest BCUT2D eigenvalue weighted by Gasteiger charge is -2.24. The highest BCUT2D eigenvalue weighted by molar-refractivity contribution is 5.75. The van der Waals surface area contributed by atoms with Crippen molar-refractivity contribution in [2.24, 2.45) is 5.92 Å². The third-order valence-electron chi connectivity index (χ3n) is 3.59. The molecule has 0 saturated heterocycles. The first-order valence-corrected chi connectivity index (χ1v) is 6.32. The SMILES string of the molecule is CC(=O)CCCC1CCc2ccccc2C1.O.O.[HH]. The van der Waals surface area contributed by atoms with Crippen LogP contribution in [0.2, 0.25) is 0 Å². The van der Waals surface area contributed by atoms with Gasteiger partial charge in [0.05, 0.1) is 0 Å². The number of aryl methyl sites for hydroxylation is 1. The summed E-state index contributed by atoms with van der Waals surface area (Å²) in [6.45, 7) is 1.69. The number of hydrogen-bond acceptors (Lipinski definition) is 1. The molecule has 0 aromatic heterocycles. The first kappa shape index (κ1) is 16.8. The molecule has 104 valence electrons.